The zero-order valence-electron chi connectivity index (χ0n) is 15.1. The summed E-state index contributed by atoms with van der Waals surface area (Å²) in [5.74, 6) is 0.159. The van der Waals surface area contributed by atoms with Crippen molar-refractivity contribution in [2.24, 2.45) is 0 Å². The van der Waals surface area contributed by atoms with Gasteiger partial charge in [0.15, 0.2) is 6.10 Å². The molecule has 140 valence electrons. The number of carbonyl (C=O) groups is 2. The van der Waals surface area contributed by atoms with Crippen molar-refractivity contribution in [3.8, 4) is 5.75 Å². The van der Waals surface area contributed by atoms with E-state index >= 15 is 0 Å². The van der Waals surface area contributed by atoms with Gasteiger partial charge in [-0.1, -0.05) is 48.5 Å². The number of rotatable bonds is 5. The van der Waals surface area contributed by atoms with Crippen LogP contribution in [0.4, 0.5) is 5.69 Å². The molecule has 1 aliphatic heterocycles. The first-order chi connectivity index (χ1) is 13.7. The first kappa shape index (κ1) is 17.8. The van der Waals surface area contributed by atoms with Gasteiger partial charge in [0.1, 0.15) is 12.4 Å². The third-order valence-electron chi connectivity index (χ3n) is 4.54. The number of hydrogen-bond acceptors (Lipinski definition) is 4. The highest BCUT2D eigenvalue weighted by atomic mass is 16.6. The summed E-state index contributed by atoms with van der Waals surface area (Å²) in [7, 11) is 0. The molecule has 1 atom stereocenters. The summed E-state index contributed by atoms with van der Waals surface area (Å²) in [6, 6.07) is 23.8. The molecule has 0 bridgehead atoms. The fraction of sp³-hybridized carbons (Fsp3) is 0.130. The molecule has 3 aromatic rings. The Balaban J connectivity index is 1.30. The maximum Gasteiger partial charge on any atom is 0.348 e. The summed E-state index contributed by atoms with van der Waals surface area (Å²) >= 11 is 0. The van der Waals surface area contributed by atoms with Crippen molar-refractivity contribution in [3.63, 3.8) is 0 Å². The Morgan fingerprint density at radius 1 is 0.929 bits per heavy atom. The zero-order chi connectivity index (χ0) is 19.3. The molecular formula is C23H19NO4. The van der Waals surface area contributed by atoms with Gasteiger partial charge in [0.05, 0.1) is 0 Å². The van der Waals surface area contributed by atoms with E-state index in [-0.39, 0.29) is 18.5 Å². The van der Waals surface area contributed by atoms with Gasteiger partial charge in [-0.3, -0.25) is 4.79 Å². The number of fused-ring (bicyclic) bond motifs is 1. The van der Waals surface area contributed by atoms with Crippen LogP contribution in [0.1, 0.15) is 21.5 Å². The quantitative estimate of drug-likeness (QED) is 0.687. The van der Waals surface area contributed by atoms with Gasteiger partial charge < -0.3 is 14.8 Å². The normalized spacial score (nSPS) is 14.6. The Morgan fingerprint density at radius 3 is 2.39 bits per heavy atom. The van der Waals surface area contributed by atoms with Crippen molar-refractivity contribution >= 4 is 17.6 Å². The Hall–Kier alpha value is -3.60. The van der Waals surface area contributed by atoms with Crippen LogP contribution in [0.15, 0.2) is 78.9 Å². The molecule has 28 heavy (non-hydrogen) atoms. The lowest BCUT2D eigenvalue weighted by atomic mass is 10.1. The third kappa shape index (κ3) is 4.04. The summed E-state index contributed by atoms with van der Waals surface area (Å²) in [5.41, 5.74) is 3.09. The van der Waals surface area contributed by atoms with Gasteiger partial charge in [0, 0.05) is 17.7 Å². The second kappa shape index (κ2) is 7.96. The topological polar surface area (TPSA) is 64.6 Å². The van der Waals surface area contributed by atoms with Crippen molar-refractivity contribution in [1.29, 1.82) is 0 Å². The maximum absolute atomic E-state index is 12.3. The number of para-hydroxylation sites is 2. The number of anilines is 1. The van der Waals surface area contributed by atoms with E-state index < -0.39 is 6.10 Å². The third-order valence-corrected chi connectivity index (χ3v) is 4.54. The lowest BCUT2D eigenvalue weighted by Gasteiger charge is -2.11. The van der Waals surface area contributed by atoms with E-state index in [1.54, 1.807) is 24.3 Å². The van der Waals surface area contributed by atoms with Crippen LogP contribution in [-0.2, 0) is 22.6 Å². The summed E-state index contributed by atoms with van der Waals surface area (Å²) < 4.78 is 11.0. The number of nitrogens with one attached hydrogen (secondary N) is 1. The van der Waals surface area contributed by atoms with Gasteiger partial charge in [0.2, 0.25) is 0 Å². The monoisotopic (exact) mass is 373 g/mol. The first-order valence-corrected chi connectivity index (χ1v) is 9.05. The minimum atomic E-state index is -0.603. The number of hydrogen-bond donors (Lipinski definition) is 1. The molecule has 0 aliphatic carbocycles. The highest BCUT2D eigenvalue weighted by molar-refractivity contribution is 6.04. The van der Waals surface area contributed by atoms with Gasteiger partial charge >= 0.3 is 5.97 Å². The molecule has 1 heterocycles. The van der Waals surface area contributed by atoms with E-state index in [1.165, 1.54) is 0 Å². The smallest absolute Gasteiger partial charge is 0.348 e. The SMILES string of the molecule is O=C(Nc1ccccc1)c1ccc(COC(=O)C2Cc3ccccc3O2)cc1. The lowest BCUT2D eigenvalue weighted by molar-refractivity contribution is -0.152. The van der Waals surface area contributed by atoms with E-state index in [4.69, 9.17) is 9.47 Å². The minimum absolute atomic E-state index is 0.135. The van der Waals surface area contributed by atoms with Crippen LogP contribution in [0.2, 0.25) is 0 Å². The van der Waals surface area contributed by atoms with Crippen LogP contribution < -0.4 is 10.1 Å². The number of ether oxygens (including phenoxy) is 2. The molecule has 0 spiro atoms. The van der Waals surface area contributed by atoms with Gasteiger partial charge in [-0.15, -0.1) is 0 Å². The Bertz CT molecular complexity index is 958. The molecule has 4 rings (SSSR count). The van der Waals surface area contributed by atoms with Crippen molar-refractivity contribution < 1.29 is 19.1 Å². The molecule has 1 aliphatic rings. The summed E-state index contributed by atoms with van der Waals surface area (Å²) in [6.07, 6.45) is -0.0820. The second-order valence-electron chi connectivity index (χ2n) is 6.54. The Labute approximate surface area is 162 Å². The average molecular weight is 373 g/mol. The lowest BCUT2D eigenvalue weighted by Crippen LogP contribution is -2.27. The number of esters is 1. The molecule has 5 heteroatoms. The predicted octanol–water partition coefficient (Wildman–Crippen LogP) is 3.99. The van der Waals surface area contributed by atoms with Crippen LogP contribution in [0.3, 0.4) is 0 Å². The van der Waals surface area contributed by atoms with E-state index in [0.29, 0.717) is 12.0 Å². The van der Waals surface area contributed by atoms with Gasteiger partial charge in [-0.05, 0) is 41.5 Å². The van der Waals surface area contributed by atoms with E-state index in [2.05, 4.69) is 5.32 Å². The molecule has 0 fully saturated rings. The van der Waals surface area contributed by atoms with E-state index in [1.807, 2.05) is 54.6 Å². The molecule has 1 amide bonds. The molecule has 5 nitrogen and oxygen atoms in total. The summed E-state index contributed by atoms with van der Waals surface area (Å²) in [6.45, 7) is 0.135. The number of benzene rings is 3. The Kier molecular flexibility index (Phi) is 5.06. The second-order valence-corrected chi connectivity index (χ2v) is 6.54. The van der Waals surface area contributed by atoms with Gasteiger partial charge in [-0.25, -0.2) is 4.79 Å². The fourth-order valence-corrected chi connectivity index (χ4v) is 3.04. The maximum atomic E-state index is 12.3. The van der Waals surface area contributed by atoms with Crippen LogP contribution >= 0.6 is 0 Å². The summed E-state index contributed by atoms with van der Waals surface area (Å²) in [4.78, 5) is 24.5. The molecular weight excluding hydrogens is 354 g/mol. The van der Waals surface area contributed by atoms with E-state index in [9.17, 15) is 9.59 Å². The highest BCUT2D eigenvalue weighted by Gasteiger charge is 2.30. The first-order valence-electron chi connectivity index (χ1n) is 9.05. The van der Waals surface area contributed by atoms with Crippen LogP contribution in [0.25, 0.3) is 0 Å². The van der Waals surface area contributed by atoms with Gasteiger partial charge in [-0.2, -0.15) is 0 Å². The molecule has 0 saturated carbocycles. The summed E-state index contributed by atoms with van der Waals surface area (Å²) in [5, 5.41) is 2.83. The highest BCUT2D eigenvalue weighted by Crippen LogP contribution is 2.28. The van der Waals surface area contributed by atoms with E-state index in [0.717, 1.165) is 22.6 Å². The number of amides is 1. The van der Waals surface area contributed by atoms with Crippen LogP contribution in [0.5, 0.6) is 5.75 Å². The fourth-order valence-electron chi connectivity index (χ4n) is 3.04. The molecule has 0 radical (unpaired) electrons. The van der Waals surface area contributed by atoms with Crippen molar-refractivity contribution in [1.82, 2.24) is 0 Å². The number of carbonyl (C=O) groups excluding carboxylic acids is 2. The molecule has 0 aromatic heterocycles. The largest absolute Gasteiger partial charge is 0.478 e. The minimum Gasteiger partial charge on any atom is -0.478 e. The van der Waals surface area contributed by atoms with Crippen LogP contribution in [-0.4, -0.2) is 18.0 Å². The van der Waals surface area contributed by atoms with Crippen molar-refractivity contribution in [2.75, 3.05) is 5.32 Å². The van der Waals surface area contributed by atoms with Crippen molar-refractivity contribution in [3.05, 3.63) is 95.6 Å². The molecule has 1 unspecified atom stereocenters. The molecule has 3 aromatic carbocycles. The molecule has 0 saturated heterocycles. The van der Waals surface area contributed by atoms with Gasteiger partial charge in [0.25, 0.3) is 5.91 Å². The zero-order valence-corrected chi connectivity index (χ0v) is 15.1. The van der Waals surface area contributed by atoms with Crippen LogP contribution in [0, 0.1) is 0 Å². The molecule has 1 N–H and O–H groups in total. The predicted molar refractivity (Wildman–Crippen MR) is 105 cm³/mol. The average Bonchev–Trinajstić information content (AvgIpc) is 3.17. The van der Waals surface area contributed by atoms with Crippen molar-refractivity contribution in [2.45, 2.75) is 19.1 Å². The standard InChI is InChI=1S/C23H19NO4/c25-22(24-19-7-2-1-3-8-19)17-12-10-16(11-13-17)15-27-23(26)21-14-18-6-4-5-9-20(18)28-21/h1-13,21H,14-15H2,(H,24,25). The Morgan fingerprint density at radius 2 is 1.64 bits per heavy atom.